The number of aromatic nitrogens is 2. The Hall–Kier alpha value is -2.23. The van der Waals surface area contributed by atoms with Gasteiger partial charge >= 0.3 is 5.97 Å². The van der Waals surface area contributed by atoms with E-state index < -0.39 is 30.4 Å². The van der Waals surface area contributed by atoms with Crippen molar-refractivity contribution in [1.82, 2.24) is 9.97 Å². The van der Waals surface area contributed by atoms with Crippen LogP contribution in [0.25, 0.3) is 0 Å². The molecule has 0 aliphatic carbocycles. The molecule has 210 valence electrons. The summed E-state index contributed by atoms with van der Waals surface area (Å²) in [5.41, 5.74) is 0.244. The van der Waals surface area contributed by atoms with Crippen LogP contribution < -0.4 is 0 Å². The largest absolute Gasteiger partial charge is 0.459 e. The highest BCUT2D eigenvalue weighted by molar-refractivity contribution is 5.69. The molecule has 0 radical (unpaired) electrons. The molecular formula is C28H46N2O7. The van der Waals surface area contributed by atoms with E-state index >= 15 is 0 Å². The number of carbonyl (C=O) groups is 1. The zero-order valence-corrected chi connectivity index (χ0v) is 22.7. The van der Waals surface area contributed by atoms with Crippen molar-refractivity contribution < 1.29 is 33.7 Å². The van der Waals surface area contributed by atoms with Crippen molar-refractivity contribution in [3.05, 3.63) is 36.2 Å². The average molecular weight is 523 g/mol. The summed E-state index contributed by atoms with van der Waals surface area (Å²) in [6.45, 7) is 5.95. The van der Waals surface area contributed by atoms with Crippen molar-refractivity contribution >= 4 is 5.97 Å². The van der Waals surface area contributed by atoms with Crippen LogP contribution in [0.15, 0.2) is 27.7 Å². The molecule has 9 nitrogen and oxygen atoms in total. The number of oxazole rings is 2. The van der Waals surface area contributed by atoms with Gasteiger partial charge in [0.15, 0.2) is 6.39 Å². The van der Waals surface area contributed by atoms with E-state index in [-0.39, 0.29) is 25.0 Å². The first-order chi connectivity index (χ1) is 17.8. The quantitative estimate of drug-likeness (QED) is 0.157. The molecule has 2 aromatic heterocycles. The third-order valence-electron chi connectivity index (χ3n) is 6.50. The average Bonchev–Trinajstić information content (AvgIpc) is 3.54. The number of unbranched alkanes of at least 4 members (excludes halogenated alkanes) is 8. The number of esters is 1. The van der Waals surface area contributed by atoms with Gasteiger partial charge in [0.25, 0.3) is 0 Å². The predicted molar refractivity (Wildman–Crippen MR) is 139 cm³/mol. The van der Waals surface area contributed by atoms with E-state index in [1.807, 2.05) is 0 Å². The second-order valence-electron chi connectivity index (χ2n) is 10.4. The lowest BCUT2D eigenvalue weighted by Gasteiger charge is -2.26. The summed E-state index contributed by atoms with van der Waals surface area (Å²) >= 11 is 0. The molecule has 0 amide bonds. The van der Waals surface area contributed by atoms with E-state index in [0.717, 1.165) is 18.8 Å². The fourth-order valence-electron chi connectivity index (χ4n) is 4.23. The third-order valence-corrected chi connectivity index (χ3v) is 6.50. The standard InChI is InChI=1S/C28H46N2O7/c1-20(2)13-11-9-7-5-4-6-8-10-12-14-27(33)37-25(28(34)21(3)31)16-24(32)23-18-35-26(30-23)15-22-17-29-19-36-22/h17-21,24-25,28,31-32,34H,4-16H2,1-3H3/t21-,24+,25-,28+/m0/s1. The van der Waals surface area contributed by atoms with Gasteiger partial charge in [-0.15, -0.1) is 0 Å². The molecule has 37 heavy (non-hydrogen) atoms. The molecule has 2 heterocycles. The van der Waals surface area contributed by atoms with E-state index in [1.165, 1.54) is 64.5 Å². The Morgan fingerprint density at radius 1 is 0.946 bits per heavy atom. The van der Waals surface area contributed by atoms with Crippen molar-refractivity contribution in [3.63, 3.8) is 0 Å². The van der Waals surface area contributed by atoms with Gasteiger partial charge in [-0.2, -0.15) is 0 Å². The zero-order chi connectivity index (χ0) is 27.0. The van der Waals surface area contributed by atoms with E-state index in [1.54, 1.807) is 6.20 Å². The summed E-state index contributed by atoms with van der Waals surface area (Å²) in [7, 11) is 0. The predicted octanol–water partition coefficient (Wildman–Crippen LogP) is 5.28. The van der Waals surface area contributed by atoms with E-state index in [2.05, 4.69) is 23.8 Å². The summed E-state index contributed by atoms with van der Waals surface area (Å²) in [5, 5.41) is 30.9. The van der Waals surface area contributed by atoms with Gasteiger partial charge in [0.2, 0.25) is 5.89 Å². The van der Waals surface area contributed by atoms with Crippen LogP contribution in [-0.4, -0.2) is 49.6 Å². The summed E-state index contributed by atoms with van der Waals surface area (Å²) in [6.07, 6.45) is 11.5. The van der Waals surface area contributed by atoms with Gasteiger partial charge in [-0.25, -0.2) is 9.97 Å². The Balaban J connectivity index is 1.68. The van der Waals surface area contributed by atoms with Crippen LogP contribution in [0.5, 0.6) is 0 Å². The number of aliphatic hydroxyl groups excluding tert-OH is 3. The van der Waals surface area contributed by atoms with E-state index in [9.17, 15) is 20.1 Å². The van der Waals surface area contributed by atoms with Crippen LogP contribution in [0.3, 0.4) is 0 Å². The van der Waals surface area contributed by atoms with Crippen molar-refractivity contribution in [1.29, 1.82) is 0 Å². The van der Waals surface area contributed by atoms with Crippen molar-refractivity contribution in [2.45, 2.75) is 129 Å². The molecular weight excluding hydrogens is 476 g/mol. The first kappa shape index (κ1) is 31.0. The molecule has 3 N–H and O–H groups in total. The number of aliphatic hydroxyl groups is 3. The lowest BCUT2D eigenvalue weighted by atomic mass is 10.0. The summed E-state index contributed by atoms with van der Waals surface area (Å²) in [4.78, 5) is 20.5. The minimum Gasteiger partial charge on any atom is -0.459 e. The molecule has 2 rings (SSSR count). The molecule has 0 aromatic carbocycles. The van der Waals surface area contributed by atoms with Crippen LogP contribution in [-0.2, 0) is 16.0 Å². The second kappa shape index (κ2) is 17.3. The smallest absolute Gasteiger partial charge is 0.306 e. The normalized spacial score (nSPS) is 15.0. The minimum atomic E-state index is -1.33. The Morgan fingerprint density at radius 3 is 2.19 bits per heavy atom. The first-order valence-corrected chi connectivity index (χ1v) is 13.8. The maximum atomic E-state index is 12.4. The summed E-state index contributed by atoms with van der Waals surface area (Å²) < 4.78 is 16.0. The third kappa shape index (κ3) is 12.7. The monoisotopic (exact) mass is 522 g/mol. The molecule has 0 aliphatic rings. The molecule has 4 atom stereocenters. The highest BCUT2D eigenvalue weighted by Gasteiger charge is 2.31. The van der Waals surface area contributed by atoms with Crippen LogP contribution in [0.1, 0.15) is 121 Å². The van der Waals surface area contributed by atoms with Crippen molar-refractivity contribution in [2.75, 3.05) is 0 Å². The van der Waals surface area contributed by atoms with Crippen molar-refractivity contribution in [2.24, 2.45) is 5.92 Å². The molecule has 0 bridgehead atoms. The zero-order valence-electron chi connectivity index (χ0n) is 22.7. The molecule has 0 spiro atoms. The Morgan fingerprint density at radius 2 is 1.59 bits per heavy atom. The Labute approximate surface area is 220 Å². The molecule has 0 saturated carbocycles. The number of nitrogens with zero attached hydrogens (tertiary/aromatic N) is 2. The van der Waals surface area contributed by atoms with Crippen LogP contribution in [0.4, 0.5) is 0 Å². The lowest BCUT2D eigenvalue weighted by molar-refractivity contribution is -0.162. The number of ether oxygens (including phenoxy) is 1. The number of hydrogen-bond donors (Lipinski definition) is 3. The SMILES string of the molecule is CC(C)CCCCCCCCCCCC(=O)O[C@@H](C[C@@H](O)c1coc(Cc2cnco2)n1)[C@H](O)[C@H](C)O. The fraction of sp³-hybridized carbons (Fsp3) is 0.750. The van der Waals surface area contributed by atoms with Crippen molar-refractivity contribution in [3.8, 4) is 0 Å². The highest BCUT2D eigenvalue weighted by Crippen LogP contribution is 2.24. The molecule has 9 heteroatoms. The molecule has 0 fully saturated rings. The molecule has 0 saturated heterocycles. The van der Waals surface area contributed by atoms with Crippen LogP contribution in [0.2, 0.25) is 0 Å². The molecule has 0 unspecified atom stereocenters. The number of hydrogen-bond acceptors (Lipinski definition) is 9. The Bertz CT molecular complexity index is 851. The number of rotatable bonds is 20. The maximum absolute atomic E-state index is 12.4. The minimum absolute atomic E-state index is 0.122. The fourth-order valence-corrected chi connectivity index (χ4v) is 4.23. The molecule has 2 aromatic rings. The topological polar surface area (TPSA) is 139 Å². The van der Waals surface area contributed by atoms with Gasteiger partial charge in [0.05, 0.1) is 18.7 Å². The van der Waals surface area contributed by atoms with Crippen LogP contribution in [0, 0.1) is 5.92 Å². The Kier molecular flexibility index (Phi) is 14.5. The van der Waals surface area contributed by atoms with Gasteiger partial charge in [-0.05, 0) is 19.3 Å². The lowest BCUT2D eigenvalue weighted by Crippen LogP contribution is -2.40. The van der Waals surface area contributed by atoms with E-state index in [4.69, 9.17) is 13.6 Å². The second-order valence-corrected chi connectivity index (χ2v) is 10.4. The number of carbonyl (C=O) groups excluding carboxylic acids is 1. The van der Waals surface area contributed by atoms with Crippen LogP contribution >= 0.6 is 0 Å². The van der Waals surface area contributed by atoms with E-state index in [0.29, 0.717) is 18.1 Å². The summed E-state index contributed by atoms with van der Waals surface area (Å²) in [5.74, 6) is 1.24. The van der Waals surface area contributed by atoms with Gasteiger partial charge in [0.1, 0.15) is 36.0 Å². The first-order valence-electron chi connectivity index (χ1n) is 13.8. The van der Waals surface area contributed by atoms with Gasteiger partial charge < -0.3 is 28.9 Å². The molecule has 0 aliphatic heterocycles. The maximum Gasteiger partial charge on any atom is 0.306 e. The van der Waals surface area contributed by atoms with Gasteiger partial charge in [-0.3, -0.25) is 4.79 Å². The highest BCUT2D eigenvalue weighted by atomic mass is 16.6. The van der Waals surface area contributed by atoms with Gasteiger partial charge in [0, 0.05) is 12.8 Å². The van der Waals surface area contributed by atoms with Gasteiger partial charge in [-0.1, -0.05) is 71.6 Å². The summed E-state index contributed by atoms with van der Waals surface area (Å²) in [6, 6.07) is 0.